The van der Waals surface area contributed by atoms with E-state index in [0.29, 0.717) is 25.2 Å². The number of fused-ring (bicyclic) bond motifs is 1. The van der Waals surface area contributed by atoms with Gasteiger partial charge in [-0.3, -0.25) is 9.69 Å². The number of nitrogens with one attached hydrogen (secondary N) is 1. The van der Waals surface area contributed by atoms with Gasteiger partial charge in [0.1, 0.15) is 11.5 Å². The van der Waals surface area contributed by atoms with Gasteiger partial charge in [-0.2, -0.15) is 0 Å². The number of H-pyrrole nitrogens is 1. The minimum absolute atomic E-state index is 0.0891. The molecule has 1 atom stereocenters. The molecular weight excluding hydrogens is 492 g/mol. The molecule has 0 bridgehead atoms. The van der Waals surface area contributed by atoms with Crippen LogP contribution in [0.1, 0.15) is 59.6 Å². The summed E-state index contributed by atoms with van der Waals surface area (Å²) in [4.78, 5) is 18.7. The number of hydrogen-bond donors (Lipinski definition) is 1. The van der Waals surface area contributed by atoms with Crippen LogP contribution < -0.4 is 10.3 Å². The van der Waals surface area contributed by atoms with E-state index in [9.17, 15) is 4.79 Å². The standard InChI is InChI=1S/C30H34N6O3/c1-5-7-27(29-32-33-34-36(29)17-22-11-13-24(38-4)14-12-22)35(19-25-8-6-15-39-25)18-23-16-26-20(2)9-10-21(3)28(26)31-30(23)37/h6,8-16,27H,5,7,17-19H2,1-4H3,(H,31,37). The highest BCUT2D eigenvalue weighted by atomic mass is 16.5. The average Bonchev–Trinajstić information content (AvgIpc) is 3.63. The zero-order valence-corrected chi connectivity index (χ0v) is 22.8. The van der Waals surface area contributed by atoms with Gasteiger partial charge in [-0.05, 0) is 77.7 Å². The Balaban J connectivity index is 1.52. The SMILES string of the molecule is CCCC(c1nnnn1Cc1ccc(OC)cc1)N(Cc1ccco1)Cc1cc2c(C)ccc(C)c2[nH]c1=O. The molecule has 3 heterocycles. The molecule has 2 aromatic carbocycles. The number of tetrazole rings is 1. The van der Waals surface area contributed by atoms with Crippen molar-refractivity contribution in [2.45, 2.75) is 59.3 Å². The normalized spacial score (nSPS) is 12.3. The van der Waals surface area contributed by atoms with Gasteiger partial charge in [0, 0.05) is 17.5 Å². The van der Waals surface area contributed by atoms with Gasteiger partial charge in [0.15, 0.2) is 5.82 Å². The third-order valence-corrected chi connectivity index (χ3v) is 7.18. The van der Waals surface area contributed by atoms with Crippen LogP contribution in [0.25, 0.3) is 10.9 Å². The summed E-state index contributed by atoms with van der Waals surface area (Å²) < 4.78 is 12.9. The molecule has 1 unspecified atom stereocenters. The summed E-state index contributed by atoms with van der Waals surface area (Å²) in [6, 6.07) is 17.7. The number of methoxy groups -OCH3 is 1. The molecule has 39 heavy (non-hydrogen) atoms. The molecular formula is C30H34N6O3. The lowest BCUT2D eigenvalue weighted by Crippen LogP contribution is -2.32. The van der Waals surface area contributed by atoms with Gasteiger partial charge in [0.05, 0.1) is 38.0 Å². The summed E-state index contributed by atoms with van der Waals surface area (Å²) in [6.07, 6.45) is 3.40. The monoisotopic (exact) mass is 526 g/mol. The zero-order valence-electron chi connectivity index (χ0n) is 22.8. The van der Waals surface area contributed by atoms with Crippen LogP contribution in [0.5, 0.6) is 5.75 Å². The number of furan rings is 1. The summed E-state index contributed by atoms with van der Waals surface area (Å²) in [5.41, 5.74) is 4.73. The Bertz CT molecular complexity index is 1590. The fraction of sp³-hybridized carbons (Fsp3) is 0.333. The number of benzene rings is 2. The molecule has 5 rings (SSSR count). The predicted octanol–water partition coefficient (Wildman–Crippen LogP) is 5.32. The van der Waals surface area contributed by atoms with Gasteiger partial charge in [0.25, 0.3) is 5.56 Å². The first-order chi connectivity index (χ1) is 19.0. The van der Waals surface area contributed by atoms with Gasteiger partial charge in [0.2, 0.25) is 0 Å². The number of ether oxygens (including phenoxy) is 1. The van der Waals surface area contributed by atoms with Crippen molar-refractivity contribution < 1.29 is 9.15 Å². The number of rotatable bonds is 11. The third-order valence-electron chi connectivity index (χ3n) is 7.18. The van der Waals surface area contributed by atoms with Crippen LogP contribution in [0.2, 0.25) is 0 Å². The lowest BCUT2D eigenvalue weighted by Gasteiger charge is -2.30. The van der Waals surface area contributed by atoms with E-state index in [1.807, 2.05) is 60.1 Å². The molecule has 0 radical (unpaired) electrons. The first-order valence-electron chi connectivity index (χ1n) is 13.2. The molecule has 0 aliphatic carbocycles. The topological polar surface area (TPSA) is 102 Å². The van der Waals surface area contributed by atoms with E-state index < -0.39 is 0 Å². The van der Waals surface area contributed by atoms with Crippen molar-refractivity contribution in [3.63, 3.8) is 0 Å². The Labute approximate surface area is 227 Å². The van der Waals surface area contributed by atoms with Gasteiger partial charge in [-0.1, -0.05) is 37.6 Å². The highest BCUT2D eigenvalue weighted by Crippen LogP contribution is 2.29. The number of nitrogens with zero attached hydrogens (tertiary/aromatic N) is 5. The molecule has 3 aromatic heterocycles. The summed E-state index contributed by atoms with van der Waals surface area (Å²) >= 11 is 0. The largest absolute Gasteiger partial charge is 0.497 e. The molecule has 0 fully saturated rings. The van der Waals surface area contributed by atoms with E-state index in [1.54, 1.807) is 13.4 Å². The first kappa shape index (κ1) is 26.4. The van der Waals surface area contributed by atoms with Gasteiger partial charge < -0.3 is 14.1 Å². The Morgan fingerprint density at radius 1 is 1.08 bits per heavy atom. The van der Waals surface area contributed by atoms with Crippen LogP contribution in [-0.4, -0.2) is 37.2 Å². The van der Waals surface area contributed by atoms with Crippen LogP contribution in [0.3, 0.4) is 0 Å². The van der Waals surface area contributed by atoms with Crippen molar-refractivity contribution in [3.05, 3.63) is 105 Å². The fourth-order valence-electron chi connectivity index (χ4n) is 5.05. The fourth-order valence-corrected chi connectivity index (χ4v) is 5.05. The Morgan fingerprint density at radius 3 is 2.59 bits per heavy atom. The van der Waals surface area contributed by atoms with Crippen LogP contribution in [0.15, 0.2) is 70.1 Å². The second-order valence-corrected chi connectivity index (χ2v) is 9.94. The molecule has 0 saturated carbocycles. The Hall–Kier alpha value is -4.24. The first-order valence-corrected chi connectivity index (χ1v) is 13.2. The van der Waals surface area contributed by atoms with E-state index in [-0.39, 0.29) is 11.6 Å². The summed E-state index contributed by atoms with van der Waals surface area (Å²) in [7, 11) is 1.65. The molecule has 0 amide bonds. The molecule has 1 N–H and O–H groups in total. The summed E-state index contributed by atoms with van der Waals surface area (Å²) in [6.45, 7) is 7.68. The van der Waals surface area contributed by atoms with Gasteiger partial charge in [-0.25, -0.2) is 4.68 Å². The van der Waals surface area contributed by atoms with Crippen molar-refractivity contribution >= 4 is 10.9 Å². The van der Waals surface area contributed by atoms with E-state index in [4.69, 9.17) is 9.15 Å². The van der Waals surface area contributed by atoms with Crippen LogP contribution in [0.4, 0.5) is 0 Å². The number of aromatic amines is 1. The predicted molar refractivity (Wildman–Crippen MR) is 150 cm³/mol. The maximum absolute atomic E-state index is 13.3. The second-order valence-electron chi connectivity index (χ2n) is 9.94. The molecule has 202 valence electrons. The van der Waals surface area contributed by atoms with Gasteiger partial charge >= 0.3 is 0 Å². The van der Waals surface area contributed by atoms with Crippen LogP contribution in [-0.2, 0) is 19.6 Å². The van der Waals surface area contributed by atoms with Crippen molar-refractivity contribution in [2.75, 3.05) is 7.11 Å². The number of hydrogen-bond acceptors (Lipinski definition) is 7. The average molecular weight is 527 g/mol. The molecule has 0 spiro atoms. The molecule has 0 aliphatic heterocycles. The van der Waals surface area contributed by atoms with E-state index in [1.165, 1.54) is 0 Å². The van der Waals surface area contributed by atoms with E-state index >= 15 is 0 Å². The maximum atomic E-state index is 13.3. The van der Waals surface area contributed by atoms with Crippen molar-refractivity contribution in [1.82, 2.24) is 30.1 Å². The number of aromatic nitrogens is 5. The maximum Gasteiger partial charge on any atom is 0.252 e. The summed E-state index contributed by atoms with van der Waals surface area (Å²) in [5, 5.41) is 13.9. The zero-order chi connectivity index (χ0) is 27.4. The lowest BCUT2D eigenvalue weighted by molar-refractivity contribution is 0.144. The molecule has 9 nitrogen and oxygen atoms in total. The Morgan fingerprint density at radius 2 is 1.87 bits per heavy atom. The van der Waals surface area contributed by atoms with E-state index in [0.717, 1.165) is 57.8 Å². The molecule has 5 aromatic rings. The molecule has 0 aliphatic rings. The highest BCUT2D eigenvalue weighted by molar-refractivity contribution is 5.85. The molecule has 0 saturated heterocycles. The van der Waals surface area contributed by atoms with Crippen molar-refractivity contribution in [3.8, 4) is 5.75 Å². The molecule has 9 heteroatoms. The highest BCUT2D eigenvalue weighted by Gasteiger charge is 2.27. The summed E-state index contributed by atoms with van der Waals surface area (Å²) in [5.74, 6) is 2.37. The number of pyridine rings is 1. The van der Waals surface area contributed by atoms with Crippen LogP contribution in [0, 0.1) is 13.8 Å². The third kappa shape index (κ3) is 5.78. The quantitative estimate of drug-likeness (QED) is 0.248. The van der Waals surface area contributed by atoms with E-state index in [2.05, 4.69) is 45.3 Å². The second kappa shape index (κ2) is 11.7. The van der Waals surface area contributed by atoms with Crippen LogP contribution >= 0.6 is 0 Å². The lowest BCUT2D eigenvalue weighted by atomic mass is 10.0. The van der Waals surface area contributed by atoms with Crippen molar-refractivity contribution in [2.24, 2.45) is 0 Å². The smallest absolute Gasteiger partial charge is 0.252 e. The minimum Gasteiger partial charge on any atom is -0.497 e. The Kier molecular flexibility index (Phi) is 7.88. The number of aryl methyl sites for hydroxylation is 2. The van der Waals surface area contributed by atoms with Crippen molar-refractivity contribution in [1.29, 1.82) is 0 Å². The minimum atomic E-state index is -0.137. The van der Waals surface area contributed by atoms with Gasteiger partial charge in [-0.15, -0.1) is 5.10 Å².